The van der Waals surface area contributed by atoms with Crippen LogP contribution in [0, 0.1) is 0 Å². The van der Waals surface area contributed by atoms with E-state index in [2.05, 4.69) is 231 Å². The van der Waals surface area contributed by atoms with Gasteiger partial charge in [0.2, 0.25) is 0 Å². The summed E-state index contributed by atoms with van der Waals surface area (Å²) < 4.78 is 0. The smallest absolute Gasteiger partial charge is 0.0279 e. The van der Waals surface area contributed by atoms with Gasteiger partial charge in [-0.15, -0.1) is 0 Å². The van der Waals surface area contributed by atoms with Gasteiger partial charge in [0.1, 0.15) is 0 Å². The molecule has 0 saturated heterocycles. The second kappa shape index (κ2) is 15.0. The summed E-state index contributed by atoms with van der Waals surface area (Å²) in [7, 11) is 0. The second-order valence-corrected chi connectivity index (χ2v) is 16.2. The maximum Gasteiger partial charge on any atom is 0.0279 e. The van der Waals surface area contributed by atoms with Gasteiger partial charge >= 0.3 is 0 Å². The molecule has 0 atom stereocenters. The van der Waals surface area contributed by atoms with Crippen molar-refractivity contribution in [1.82, 2.24) is 0 Å². The predicted octanol–water partition coefficient (Wildman–Crippen LogP) is 16.8. The summed E-state index contributed by atoms with van der Waals surface area (Å²) in [6.07, 6.45) is 0. The topological polar surface area (TPSA) is 0 Å². The standard InChI is InChI=1S/C58H38S/c1-4-16-39(17-5-1)41-32-35-46(36-33-41)59-58-52-26-14-12-24-49(52)56(50-25-13-15-27-53(50)58)44-30-28-43(29-31-44)55-47-22-10-11-23-48(47)57(42-20-8-3-9-21-42)54-38-45(34-37-51(54)55)40-18-6-2-7-19-40/h1-38H. The first-order valence-corrected chi connectivity index (χ1v) is 21.1. The molecular formula is C58H38S. The minimum Gasteiger partial charge on any atom is -0.0888 e. The Balaban J connectivity index is 1.06. The minimum absolute atomic E-state index is 1.21. The highest BCUT2D eigenvalue weighted by molar-refractivity contribution is 7.99. The van der Waals surface area contributed by atoms with E-state index in [4.69, 9.17) is 0 Å². The van der Waals surface area contributed by atoms with E-state index < -0.39 is 0 Å². The maximum absolute atomic E-state index is 2.40. The Morgan fingerprint density at radius 3 is 1.00 bits per heavy atom. The normalized spacial score (nSPS) is 11.5. The molecule has 0 bridgehead atoms. The highest BCUT2D eigenvalue weighted by atomic mass is 32.2. The first-order valence-electron chi connectivity index (χ1n) is 20.3. The van der Waals surface area contributed by atoms with Crippen molar-refractivity contribution in [2.24, 2.45) is 0 Å². The van der Waals surface area contributed by atoms with Crippen LogP contribution >= 0.6 is 11.8 Å². The molecule has 0 radical (unpaired) electrons. The van der Waals surface area contributed by atoms with E-state index in [0.717, 1.165) is 0 Å². The van der Waals surface area contributed by atoms with Gasteiger partial charge in [-0.3, -0.25) is 0 Å². The van der Waals surface area contributed by atoms with Crippen molar-refractivity contribution >= 4 is 54.9 Å². The van der Waals surface area contributed by atoms with Gasteiger partial charge in [0.15, 0.2) is 0 Å². The van der Waals surface area contributed by atoms with Crippen LogP contribution in [0.3, 0.4) is 0 Å². The lowest BCUT2D eigenvalue weighted by molar-refractivity contribution is 1.44. The van der Waals surface area contributed by atoms with Crippen LogP contribution in [0.5, 0.6) is 0 Å². The van der Waals surface area contributed by atoms with E-state index in [0.29, 0.717) is 0 Å². The summed E-state index contributed by atoms with van der Waals surface area (Å²) in [6, 6.07) is 84.3. The van der Waals surface area contributed by atoms with Gasteiger partial charge in [-0.25, -0.2) is 0 Å². The molecule has 276 valence electrons. The average Bonchev–Trinajstić information content (AvgIpc) is 3.32. The molecule has 11 aromatic carbocycles. The van der Waals surface area contributed by atoms with Gasteiger partial charge in [-0.1, -0.05) is 224 Å². The summed E-state index contributed by atoms with van der Waals surface area (Å²) in [5, 5.41) is 10.1. The van der Waals surface area contributed by atoms with E-state index in [-0.39, 0.29) is 0 Å². The Morgan fingerprint density at radius 2 is 0.508 bits per heavy atom. The van der Waals surface area contributed by atoms with E-state index >= 15 is 0 Å². The average molecular weight is 767 g/mol. The lowest BCUT2D eigenvalue weighted by Crippen LogP contribution is -1.92. The highest BCUT2D eigenvalue weighted by Crippen LogP contribution is 2.48. The lowest BCUT2D eigenvalue weighted by Gasteiger charge is -2.19. The molecule has 0 saturated carbocycles. The van der Waals surface area contributed by atoms with E-state index in [9.17, 15) is 0 Å². The molecule has 0 aliphatic heterocycles. The number of rotatable bonds is 7. The third-order valence-electron chi connectivity index (χ3n) is 11.7. The van der Waals surface area contributed by atoms with Gasteiger partial charge in [0, 0.05) is 9.79 Å². The monoisotopic (exact) mass is 766 g/mol. The number of hydrogen-bond donors (Lipinski definition) is 0. The molecule has 0 spiro atoms. The number of hydrogen-bond acceptors (Lipinski definition) is 1. The van der Waals surface area contributed by atoms with E-state index in [1.165, 1.54) is 109 Å². The van der Waals surface area contributed by atoms with Crippen molar-refractivity contribution in [3.63, 3.8) is 0 Å². The fraction of sp³-hybridized carbons (Fsp3) is 0. The summed E-state index contributed by atoms with van der Waals surface area (Å²) in [5.41, 5.74) is 12.4. The zero-order valence-electron chi connectivity index (χ0n) is 32.3. The van der Waals surface area contributed by atoms with Crippen LogP contribution in [0.25, 0.3) is 98.7 Å². The Bertz CT molecular complexity index is 3240. The Hall–Kier alpha value is -7.19. The van der Waals surface area contributed by atoms with Gasteiger partial charge in [0.05, 0.1) is 0 Å². The van der Waals surface area contributed by atoms with Gasteiger partial charge in [0.25, 0.3) is 0 Å². The molecule has 0 nitrogen and oxygen atoms in total. The van der Waals surface area contributed by atoms with Crippen LogP contribution in [0.2, 0.25) is 0 Å². The molecule has 11 aromatic rings. The molecule has 59 heavy (non-hydrogen) atoms. The molecule has 0 amide bonds. The van der Waals surface area contributed by atoms with Crippen molar-refractivity contribution in [1.29, 1.82) is 0 Å². The second-order valence-electron chi connectivity index (χ2n) is 15.2. The number of fused-ring (bicyclic) bond motifs is 4. The van der Waals surface area contributed by atoms with Crippen LogP contribution in [0.4, 0.5) is 0 Å². The Labute approximate surface area is 349 Å². The first kappa shape index (κ1) is 35.0. The summed E-state index contributed by atoms with van der Waals surface area (Å²) in [6.45, 7) is 0. The van der Waals surface area contributed by atoms with Crippen molar-refractivity contribution in [2.75, 3.05) is 0 Å². The van der Waals surface area contributed by atoms with Gasteiger partial charge in [-0.2, -0.15) is 0 Å². The van der Waals surface area contributed by atoms with Gasteiger partial charge < -0.3 is 0 Å². The molecule has 0 N–H and O–H groups in total. The fourth-order valence-electron chi connectivity index (χ4n) is 8.99. The van der Waals surface area contributed by atoms with Gasteiger partial charge in [-0.05, 0) is 117 Å². The highest BCUT2D eigenvalue weighted by Gasteiger charge is 2.20. The first-order chi connectivity index (χ1) is 29.3. The van der Waals surface area contributed by atoms with Crippen molar-refractivity contribution in [3.05, 3.63) is 231 Å². The van der Waals surface area contributed by atoms with Crippen LogP contribution in [-0.4, -0.2) is 0 Å². The maximum atomic E-state index is 2.40. The third-order valence-corrected chi connectivity index (χ3v) is 12.9. The minimum atomic E-state index is 1.21. The van der Waals surface area contributed by atoms with E-state index in [1.54, 1.807) is 0 Å². The van der Waals surface area contributed by atoms with Crippen LogP contribution in [0.15, 0.2) is 240 Å². The molecule has 1 heteroatoms. The number of benzene rings is 11. The fourth-order valence-corrected chi connectivity index (χ4v) is 10.1. The molecule has 0 aromatic heterocycles. The molecule has 0 unspecified atom stereocenters. The molecule has 11 rings (SSSR count). The molecule has 0 heterocycles. The Morgan fingerprint density at radius 1 is 0.203 bits per heavy atom. The zero-order valence-corrected chi connectivity index (χ0v) is 33.2. The van der Waals surface area contributed by atoms with Crippen LogP contribution in [0.1, 0.15) is 0 Å². The van der Waals surface area contributed by atoms with Crippen molar-refractivity contribution < 1.29 is 0 Å². The lowest BCUT2D eigenvalue weighted by atomic mass is 9.84. The molecule has 0 aliphatic carbocycles. The van der Waals surface area contributed by atoms with Crippen molar-refractivity contribution in [3.8, 4) is 55.6 Å². The summed E-state index contributed by atoms with van der Waals surface area (Å²) in [4.78, 5) is 2.51. The van der Waals surface area contributed by atoms with Crippen LogP contribution < -0.4 is 0 Å². The largest absolute Gasteiger partial charge is 0.0888 e. The summed E-state index contributed by atoms with van der Waals surface area (Å²) in [5.74, 6) is 0. The zero-order chi connectivity index (χ0) is 39.1. The predicted molar refractivity (Wildman–Crippen MR) is 254 cm³/mol. The SMILES string of the molecule is c1ccc(-c2ccc(Sc3c4ccccc4c(-c4ccc(-c5c6ccccc6c(-c6ccccc6)c6cc(-c7ccccc7)ccc56)cc4)c4ccccc34)cc2)cc1. The quantitative estimate of drug-likeness (QED) is 0.146. The molecular weight excluding hydrogens is 729 g/mol. The van der Waals surface area contributed by atoms with E-state index in [1.807, 2.05) is 11.8 Å². The molecule has 0 aliphatic rings. The Kier molecular flexibility index (Phi) is 8.87. The third kappa shape index (κ3) is 6.28. The molecule has 0 fully saturated rings. The summed E-state index contributed by atoms with van der Waals surface area (Å²) >= 11 is 1.86. The van der Waals surface area contributed by atoms with Crippen LogP contribution in [-0.2, 0) is 0 Å². The van der Waals surface area contributed by atoms with Crippen molar-refractivity contribution in [2.45, 2.75) is 9.79 Å².